The van der Waals surface area contributed by atoms with Gasteiger partial charge >= 0.3 is 0 Å². The lowest BCUT2D eigenvalue weighted by atomic mass is 10.4. The SMILES string of the molecule is Cc1ncc(O)n1CC(O)CCl. The van der Waals surface area contributed by atoms with E-state index in [2.05, 4.69) is 4.98 Å². The number of aliphatic hydroxyl groups excluding tert-OH is 1. The summed E-state index contributed by atoms with van der Waals surface area (Å²) >= 11 is 5.41. The lowest BCUT2D eigenvalue weighted by molar-refractivity contribution is 0.171. The molecule has 0 amide bonds. The highest BCUT2D eigenvalue weighted by atomic mass is 35.5. The smallest absolute Gasteiger partial charge is 0.211 e. The van der Waals surface area contributed by atoms with Crippen molar-refractivity contribution in [3.63, 3.8) is 0 Å². The van der Waals surface area contributed by atoms with Gasteiger partial charge in [-0.3, -0.25) is 4.57 Å². The van der Waals surface area contributed by atoms with Gasteiger partial charge in [0.25, 0.3) is 0 Å². The van der Waals surface area contributed by atoms with Gasteiger partial charge in [-0.15, -0.1) is 11.6 Å². The van der Waals surface area contributed by atoms with Gasteiger partial charge in [0.15, 0.2) is 0 Å². The van der Waals surface area contributed by atoms with Gasteiger partial charge in [-0.05, 0) is 6.92 Å². The Bertz CT molecular complexity index is 242. The molecule has 0 spiro atoms. The zero-order chi connectivity index (χ0) is 9.14. The molecule has 1 aromatic rings. The van der Waals surface area contributed by atoms with E-state index in [4.69, 9.17) is 11.6 Å². The molecule has 0 saturated heterocycles. The third kappa shape index (κ3) is 1.89. The van der Waals surface area contributed by atoms with Gasteiger partial charge in [-0.1, -0.05) is 0 Å². The monoisotopic (exact) mass is 190 g/mol. The van der Waals surface area contributed by atoms with Crippen LogP contribution in [0.4, 0.5) is 0 Å². The number of alkyl halides is 1. The molecule has 0 aromatic carbocycles. The van der Waals surface area contributed by atoms with E-state index in [0.29, 0.717) is 5.82 Å². The van der Waals surface area contributed by atoms with Crippen LogP contribution >= 0.6 is 11.6 Å². The van der Waals surface area contributed by atoms with Crippen molar-refractivity contribution in [3.8, 4) is 5.88 Å². The maximum Gasteiger partial charge on any atom is 0.211 e. The second-order valence-electron chi connectivity index (χ2n) is 2.58. The number of hydrogen-bond acceptors (Lipinski definition) is 3. The van der Waals surface area contributed by atoms with Gasteiger partial charge in [0.2, 0.25) is 5.88 Å². The van der Waals surface area contributed by atoms with Gasteiger partial charge in [-0.25, -0.2) is 4.98 Å². The van der Waals surface area contributed by atoms with Crippen molar-refractivity contribution >= 4 is 11.6 Å². The summed E-state index contributed by atoms with van der Waals surface area (Å²) in [5, 5.41) is 18.4. The van der Waals surface area contributed by atoms with E-state index in [1.807, 2.05) is 0 Å². The van der Waals surface area contributed by atoms with Crippen molar-refractivity contribution in [2.24, 2.45) is 0 Å². The van der Waals surface area contributed by atoms with Gasteiger partial charge in [-0.2, -0.15) is 0 Å². The molecule has 0 bridgehead atoms. The van der Waals surface area contributed by atoms with E-state index in [1.54, 1.807) is 6.92 Å². The fraction of sp³-hybridized carbons (Fsp3) is 0.571. The Morgan fingerprint density at radius 1 is 1.75 bits per heavy atom. The molecule has 1 unspecified atom stereocenters. The first-order valence-electron chi connectivity index (χ1n) is 3.60. The van der Waals surface area contributed by atoms with Crippen molar-refractivity contribution in [2.75, 3.05) is 5.88 Å². The van der Waals surface area contributed by atoms with Gasteiger partial charge in [0, 0.05) is 0 Å². The summed E-state index contributed by atoms with van der Waals surface area (Å²) < 4.78 is 1.51. The van der Waals surface area contributed by atoms with Crippen molar-refractivity contribution < 1.29 is 10.2 Å². The molecule has 1 aromatic heterocycles. The lowest BCUT2D eigenvalue weighted by Crippen LogP contribution is -2.17. The highest BCUT2D eigenvalue weighted by Crippen LogP contribution is 2.11. The molecule has 0 aliphatic rings. The molecule has 0 fully saturated rings. The highest BCUT2D eigenvalue weighted by molar-refractivity contribution is 6.18. The van der Waals surface area contributed by atoms with E-state index in [0.717, 1.165) is 0 Å². The van der Waals surface area contributed by atoms with E-state index >= 15 is 0 Å². The molecule has 0 saturated carbocycles. The zero-order valence-corrected chi connectivity index (χ0v) is 7.49. The maximum atomic E-state index is 9.22. The molecule has 2 N–H and O–H groups in total. The molecule has 1 rings (SSSR count). The fourth-order valence-corrected chi connectivity index (χ4v) is 1.04. The first-order valence-corrected chi connectivity index (χ1v) is 4.13. The molecular weight excluding hydrogens is 180 g/mol. The third-order valence-electron chi connectivity index (χ3n) is 1.61. The number of rotatable bonds is 3. The number of aromatic nitrogens is 2. The van der Waals surface area contributed by atoms with E-state index in [9.17, 15) is 10.2 Å². The average Bonchev–Trinajstić information content (AvgIpc) is 2.35. The maximum absolute atomic E-state index is 9.22. The number of aryl methyl sites for hydroxylation is 1. The number of halogens is 1. The van der Waals surface area contributed by atoms with Gasteiger partial charge < -0.3 is 10.2 Å². The Labute approximate surface area is 75.4 Å². The second-order valence-corrected chi connectivity index (χ2v) is 2.89. The normalized spacial score (nSPS) is 13.2. The first-order chi connectivity index (χ1) is 5.65. The molecule has 1 atom stereocenters. The second kappa shape index (κ2) is 3.78. The van der Waals surface area contributed by atoms with Crippen LogP contribution in [0.2, 0.25) is 0 Å². The summed E-state index contributed by atoms with van der Waals surface area (Å²) in [6, 6.07) is 0. The summed E-state index contributed by atoms with van der Waals surface area (Å²) in [5.74, 6) is 0.866. The number of imidazole rings is 1. The number of nitrogens with zero attached hydrogens (tertiary/aromatic N) is 2. The minimum Gasteiger partial charge on any atom is -0.493 e. The number of aliphatic hydroxyl groups is 1. The molecule has 0 radical (unpaired) electrons. The van der Waals surface area contributed by atoms with Crippen LogP contribution in [0.15, 0.2) is 6.20 Å². The van der Waals surface area contributed by atoms with Crippen molar-refractivity contribution in [1.29, 1.82) is 0 Å². The van der Waals surface area contributed by atoms with Crippen LogP contribution in [0.5, 0.6) is 5.88 Å². The Balaban J connectivity index is 2.73. The minimum atomic E-state index is -0.648. The quantitative estimate of drug-likeness (QED) is 0.683. The van der Waals surface area contributed by atoms with Crippen LogP contribution in [0.3, 0.4) is 0 Å². The zero-order valence-electron chi connectivity index (χ0n) is 6.74. The van der Waals surface area contributed by atoms with Crippen LogP contribution in [0, 0.1) is 6.92 Å². The Morgan fingerprint density at radius 2 is 2.42 bits per heavy atom. The third-order valence-corrected chi connectivity index (χ3v) is 1.96. The van der Waals surface area contributed by atoms with Crippen molar-refractivity contribution in [2.45, 2.75) is 19.6 Å². The molecule has 0 aliphatic heterocycles. The number of aromatic hydroxyl groups is 1. The van der Waals surface area contributed by atoms with E-state index in [1.165, 1.54) is 10.8 Å². The topological polar surface area (TPSA) is 58.3 Å². The molecule has 5 heteroatoms. The van der Waals surface area contributed by atoms with Gasteiger partial charge in [0.05, 0.1) is 24.7 Å². The largest absolute Gasteiger partial charge is 0.493 e. The number of hydrogen-bond donors (Lipinski definition) is 2. The Morgan fingerprint density at radius 3 is 2.83 bits per heavy atom. The van der Waals surface area contributed by atoms with Crippen LogP contribution in [-0.4, -0.2) is 31.7 Å². The van der Waals surface area contributed by atoms with Gasteiger partial charge in [0.1, 0.15) is 5.82 Å². The fourth-order valence-electron chi connectivity index (χ4n) is 0.942. The molecule has 4 nitrogen and oxygen atoms in total. The lowest BCUT2D eigenvalue weighted by Gasteiger charge is -2.09. The average molecular weight is 191 g/mol. The van der Waals surface area contributed by atoms with Crippen LogP contribution in [-0.2, 0) is 6.54 Å². The molecule has 1 heterocycles. The molecule has 68 valence electrons. The predicted molar refractivity (Wildman–Crippen MR) is 45.4 cm³/mol. The summed E-state index contributed by atoms with van der Waals surface area (Å²) in [7, 11) is 0. The van der Waals surface area contributed by atoms with Crippen LogP contribution in [0.25, 0.3) is 0 Å². The summed E-state index contributed by atoms with van der Waals surface area (Å²) in [6.07, 6.45) is 0.696. The first kappa shape index (κ1) is 9.35. The van der Waals surface area contributed by atoms with Crippen molar-refractivity contribution in [1.82, 2.24) is 9.55 Å². The molecule has 12 heavy (non-hydrogen) atoms. The predicted octanol–water partition coefficient (Wildman–Crippen LogP) is 0.497. The summed E-state index contributed by atoms with van der Waals surface area (Å²) in [5.41, 5.74) is 0. The van der Waals surface area contributed by atoms with E-state index < -0.39 is 6.10 Å². The molecular formula is C7H11ClN2O2. The summed E-state index contributed by atoms with van der Waals surface area (Å²) in [4.78, 5) is 3.86. The Hall–Kier alpha value is -0.740. The summed E-state index contributed by atoms with van der Waals surface area (Å²) in [6.45, 7) is 2.03. The Kier molecular flexibility index (Phi) is 2.94. The molecule has 0 aliphatic carbocycles. The highest BCUT2D eigenvalue weighted by Gasteiger charge is 2.09. The van der Waals surface area contributed by atoms with Crippen LogP contribution < -0.4 is 0 Å². The van der Waals surface area contributed by atoms with Crippen LogP contribution in [0.1, 0.15) is 5.82 Å². The van der Waals surface area contributed by atoms with E-state index in [-0.39, 0.29) is 18.3 Å². The standard InChI is InChI=1S/C7H11ClN2O2/c1-5-9-3-7(12)10(5)4-6(11)2-8/h3,6,11-12H,2,4H2,1H3. The minimum absolute atomic E-state index is 0.0525. The van der Waals surface area contributed by atoms with Crippen molar-refractivity contribution in [3.05, 3.63) is 12.0 Å².